The minimum Gasteiger partial charge on any atom is -0.445 e. The van der Waals surface area contributed by atoms with Crippen molar-refractivity contribution in [2.75, 3.05) is 37.6 Å². The first kappa shape index (κ1) is 37.6. The van der Waals surface area contributed by atoms with Gasteiger partial charge in [0, 0.05) is 62.5 Å². The van der Waals surface area contributed by atoms with Gasteiger partial charge in [-0.3, -0.25) is 29.5 Å². The van der Waals surface area contributed by atoms with Crippen molar-refractivity contribution in [1.82, 2.24) is 15.1 Å². The third-order valence-corrected chi connectivity index (χ3v) is 10.2. The number of amides is 3. The van der Waals surface area contributed by atoms with E-state index in [2.05, 4.69) is 15.1 Å². The molecule has 3 aliphatic heterocycles. The fourth-order valence-corrected chi connectivity index (χ4v) is 7.13. The summed E-state index contributed by atoms with van der Waals surface area (Å²) in [6.07, 6.45) is -1.38. The number of rotatable bonds is 12. The summed E-state index contributed by atoms with van der Waals surface area (Å²) in [6, 6.07) is 30.0. The highest BCUT2D eigenvalue weighted by Gasteiger charge is 2.40. The number of hydrogen-bond acceptors (Lipinski definition) is 11. The molecule has 14 heteroatoms. The van der Waals surface area contributed by atoms with Crippen LogP contribution < -0.4 is 10.2 Å². The molecule has 4 aromatic carbocycles. The number of ether oxygens (including phenoxy) is 3. The van der Waals surface area contributed by atoms with Crippen molar-refractivity contribution < 1.29 is 38.6 Å². The molecular weight excluding hydrogens is 706 g/mol. The summed E-state index contributed by atoms with van der Waals surface area (Å²) in [6.45, 7) is 3.88. The molecular formula is C41H43N5O9. The van der Waals surface area contributed by atoms with Gasteiger partial charge in [-0.2, -0.15) is 0 Å². The number of aliphatic hydroxyl groups is 1. The van der Waals surface area contributed by atoms with Gasteiger partial charge in [-0.1, -0.05) is 78.9 Å². The molecule has 3 aliphatic rings. The Hall–Kier alpha value is -5.67. The predicted molar refractivity (Wildman–Crippen MR) is 200 cm³/mol. The third-order valence-electron chi connectivity index (χ3n) is 10.2. The summed E-state index contributed by atoms with van der Waals surface area (Å²) in [5.41, 5.74) is 5.14. The second kappa shape index (κ2) is 17.2. The Labute approximate surface area is 318 Å². The molecule has 0 spiro atoms. The monoisotopic (exact) mass is 749 g/mol. The lowest BCUT2D eigenvalue weighted by Crippen LogP contribution is -2.49. The van der Waals surface area contributed by atoms with Crippen molar-refractivity contribution in [3.63, 3.8) is 0 Å². The van der Waals surface area contributed by atoms with Gasteiger partial charge in [0.05, 0.1) is 36.7 Å². The molecule has 0 saturated carbocycles. The number of nitro groups is 1. The van der Waals surface area contributed by atoms with Gasteiger partial charge in [-0.05, 0) is 34.4 Å². The minimum atomic E-state index is -0.996. The maximum Gasteiger partial charge on any atom is 0.408 e. The van der Waals surface area contributed by atoms with Crippen molar-refractivity contribution in [2.24, 2.45) is 0 Å². The maximum atomic E-state index is 13.1. The molecule has 286 valence electrons. The average molecular weight is 750 g/mol. The number of carbonyl (C=O) groups excluding carboxylic acids is 3. The highest BCUT2D eigenvalue weighted by molar-refractivity contribution is 6.06. The standard InChI is InChI=1S/C41H43N5O9/c47-26-29-8-10-31(11-9-29)37-22-35(25-43-18-20-44(21-19-43)33-14-16-34(17-15-33)46(51)52)54-40(55-37)32-12-6-28(7-13-32)24-45-38(48)23-36(39(45)49)42-41(50)53-27-30-4-2-1-3-5-30/h1-17,35-37,40,47H,18-27H2,(H,42,50). The van der Waals surface area contributed by atoms with Crippen molar-refractivity contribution in [3.05, 3.63) is 141 Å². The molecule has 3 heterocycles. The molecule has 7 rings (SSSR count). The fourth-order valence-electron chi connectivity index (χ4n) is 7.13. The number of piperazine rings is 1. The molecule has 0 bridgehead atoms. The van der Waals surface area contributed by atoms with Crippen molar-refractivity contribution in [2.45, 2.75) is 57.1 Å². The maximum absolute atomic E-state index is 13.1. The van der Waals surface area contributed by atoms with Gasteiger partial charge in [0.15, 0.2) is 6.29 Å². The van der Waals surface area contributed by atoms with Crippen LogP contribution >= 0.6 is 0 Å². The first-order valence-corrected chi connectivity index (χ1v) is 18.3. The zero-order valence-corrected chi connectivity index (χ0v) is 30.2. The zero-order valence-electron chi connectivity index (χ0n) is 30.2. The number of non-ortho nitro benzene ring substituents is 1. The molecule has 0 aliphatic carbocycles. The van der Waals surface area contributed by atoms with Crippen LogP contribution in [0, 0.1) is 10.1 Å². The van der Waals surface area contributed by atoms with Crippen LogP contribution in [0.1, 0.15) is 53.1 Å². The number of alkyl carbamates (subject to hydrolysis) is 1. The van der Waals surface area contributed by atoms with Crippen LogP contribution in [-0.4, -0.2) is 82.6 Å². The lowest BCUT2D eigenvalue weighted by Gasteiger charge is -2.41. The Kier molecular flexibility index (Phi) is 11.8. The van der Waals surface area contributed by atoms with Crippen molar-refractivity contribution in [1.29, 1.82) is 0 Å². The van der Waals surface area contributed by atoms with Crippen LogP contribution in [0.4, 0.5) is 16.2 Å². The first-order chi connectivity index (χ1) is 26.7. The Morgan fingerprint density at radius 3 is 2.18 bits per heavy atom. The largest absolute Gasteiger partial charge is 0.445 e. The number of nitrogens with one attached hydrogen (secondary N) is 1. The summed E-state index contributed by atoms with van der Waals surface area (Å²) >= 11 is 0. The lowest BCUT2D eigenvalue weighted by atomic mass is 9.99. The molecule has 3 saturated heterocycles. The summed E-state index contributed by atoms with van der Waals surface area (Å²) in [5.74, 6) is -0.871. The van der Waals surface area contributed by atoms with E-state index in [1.807, 2.05) is 78.9 Å². The number of anilines is 1. The van der Waals surface area contributed by atoms with Crippen LogP contribution in [0.3, 0.4) is 0 Å². The molecule has 0 radical (unpaired) electrons. The van der Waals surface area contributed by atoms with E-state index in [9.17, 15) is 29.6 Å². The second-order valence-electron chi connectivity index (χ2n) is 13.9. The van der Waals surface area contributed by atoms with Gasteiger partial charge in [-0.15, -0.1) is 0 Å². The van der Waals surface area contributed by atoms with E-state index in [-0.39, 0.29) is 50.0 Å². The van der Waals surface area contributed by atoms with Gasteiger partial charge < -0.3 is 29.5 Å². The van der Waals surface area contributed by atoms with E-state index < -0.39 is 29.3 Å². The Morgan fingerprint density at radius 1 is 0.836 bits per heavy atom. The van der Waals surface area contributed by atoms with E-state index in [0.717, 1.165) is 64.6 Å². The van der Waals surface area contributed by atoms with Crippen LogP contribution in [0.5, 0.6) is 0 Å². The molecule has 3 amide bonds. The molecule has 4 unspecified atom stereocenters. The van der Waals surface area contributed by atoms with Crippen molar-refractivity contribution in [3.8, 4) is 0 Å². The van der Waals surface area contributed by atoms with Crippen LogP contribution in [0.15, 0.2) is 103 Å². The minimum absolute atomic E-state index is 0.0482. The Bertz CT molecular complexity index is 1950. The molecule has 0 aromatic heterocycles. The van der Waals surface area contributed by atoms with E-state index in [1.165, 1.54) is 12.1 Å². The molecule has 14 nitrogen and oxygen atoms in total. The van der Waals surface area contributed by atoms with Gasteiger partial charge >= 0.3 is 6.09 Å². The van der Waals surface area contributed by atoms with E-state index in [0.29, 0.717) is 13.0 Å². The number of aliphatic hydroxyl groups excluding tert-OH is 1. The Morgan fingerprint density at radius 2 is 1.51 bits per heavy atom. The molecule has 4 atom stereocenters. The third kappa shape index (κ3) is 9.35. The number of hydrogen-bond donors (Lipinski definition) is 2. The Balaban J connectivity index is 0.969. The number of likely N-dealkylation sites (tertiary alicyclic amines) is 1. The molecule has 55 heavy (non-hydrogen) atoms. The highest BCUT2D eigenvalue weighted by Crippen LogP contribution is 2.38. The lowest BCUT2D eigenvalue weighted by molar-refractivity contribution is -0.384. The van der Waals surface area contributed by atoms with E-state index >= 15 is 0 Å². The predicted octanol–water partition coefficient (Wildman–Crippen LogP) is 5.01. The number of nitrogens with zero attached hydrogens (tertiary/aromatic N) is 4. The van der Waals surface area contributed by atoms with Crippen LogP contribution in [0.2, 0.25) is 0 Å². The van der Waals surface area contributed by atoms with Crippen molar-refractivity contribution >= 4 is 29.3 Å². The number of carbonyl (C=O) groups is 3. The summed E-state index contributed by atoms with van der Waals surface area (Å²) in [4.78, 5) is 54.8. The van der Waals surface area contributed by atoms with Crippen LogP contribution in [-0.2, 0) is 43.6 Å². The number of imide groups is 1. The zero-order chi connectivity index (χ0) is 38.3. The van der Waals surface area contributed by atoms with E-state index in [1.54, 1.807) is 12.1 Å². The van der Waals surface area contributed by atoms with Crippen LogP contribution in [0.25, 0.3) is 0 Å². The van der Waals surface area contributed by atoms with Gasteiger partial charge in [0.2, 0.25) is 5.91 Å². The first-order valence-electron chi connectivity index (χ1n) is 18.3. The molecule has 3 fully saturated rings. The summed E-state index contributed by atoms with van der Waals surface area (Å²) < 4.78 is 18.3. The highest BCUT2D eigenvalue weighted by atomic mass is 16.7. The summed E-state index contributed by atoms with van der Waals surface area (Å²) in [5, 5.41) is 23.2. The fraction of sp³-hybridized carbons (Fsp3) is 0.341. The number of benzene rings is 4. The molecule has 4 aromatic rings. The molecule has 2 N–H and O–H groups in total. The SMILES string of the molecule is O=C(NC1CC(=O)N(Cc2ccc(C3OC(CN4CCN(c5ccc([N+](=O)[O-])cc5)CC4)CC(c4ccc(CO)cc4)O3)cc2)C1=O)OCc1ccccc1. The normalized spacial score (nSPS) is 21.8. The second-order valence-corrected chi connectivity index (χ2v) is 13.9. The number of nitro benzene ring substituents is 1. The van der Waals surface area contributed by atoms with Gasteiger partial charge in [-0.25, -0.2) is 4.79 Å². The topological polar surface area (TPSA) is 164 Å². The average Bonchev–Trinajstić information content (AvgIpc) is 3.47. The van der Waals surface area contributed by atoms with Gasteiger partial charge in [0.1, 0.15) is 12.6 Å². The summed E-state index contributed by atoms with van der Waals surface area (Å²) in [7, 11) is 0. The van der Waals surface area contributed by atoms with E-state index in [4.69, 9.17) is 14.2 Å². The smallest absolute Gasteiger partial charge is 0.408 e. The van der Waals surface area contributed by atoms with Gasteiger partial charge in [0.25, 0.3) is 11.6 Å². The quantitative estimate of drug-likeness (QED) is 0.114.